The number of benzene rings is 4. The van der Waals surface area contributed by atoms with Gasteiger partial charge in [-0.25, -0.2) is 4.39 Å². The minimum Gasteiger partial charge on any atom is -0.493 e. The van der Waals surface area contributed by atoms with Crippen molar-refractivity contribution in [2.24, 2.45) is 0 Å². The largest absolute Gasteiger partial charge is 0.493 e. The zero-order valence-corrected chi connectivity index (χ0v) is 22.9. The highest BCUT2D eigenvalue weighted by molar-refractivity contribution is 5.89. The molecule has 0 aliphatic carbocycles. The van der Waals surface area contributed by atoms with Gasteiger partial charge < -0.3 is 19.7 Å². The number of nitrogens with one attached hydrogen (secondary N) is 1. The minimum absolute atomic E-state index is 0.0239. The Morgan fingerprint density at radius 1 is 0.800 bits per heavy atom. The van der Waals surface area contributed by atoms with Crippen LogP contribution in [0.1, 0.15) is 33.9 Å². The van der Waals surface area contributed by atoms with E-state index in [1.54, 1.807) is 42.3 Å². The number of amides is 2. The fourth-order valence-electron chi connectivity index (χ4n) is 4.48. The van der Waals surface area contributed by atoms with Crippen molar-refractivity contribution in [3.63, 3.8) is 0 Å². The molecule has 206 valence electrons. The molecular formula is C33H33FN2O4. The number of aryl methyl sites for hydroxylation is 1. The zero-order valence-electron chi connectivity index (χ0n) is 22.9. The maximum Gasteiger partial charge on any atom is 0.247 e. The topological polar surface area (TPSA) is 67.9 Å². The number of carbonyl (C=O) groups excluding carboxylic acids is 2. The van der Waals surface area contributed by atoms with E-state index in [1.807, 2.05) is 61.5 Å². The molecule has 0 aliphatic rings. The van der Waals surface area contributed by atoms with Crippen molar-refractivity contribution in [1.82, 2.24) is 10.2 Å². The molecule has 4 aromatic carbocycles. The third-order valence-corrected chi connectivity index (χ3v) is 6.65. The molecule has 0 aliphatic heterocycles. The second kappa shape index (κ2) is 13.4. The summed E-state index contributed by atoms with van der Waals surface area (Å²) in [6.07, 6.45) is 0.0239. The van der Waals surface area contributed by atoms with E-state index >= 15 is 0 Å². The lowest BCUT2D eigenvalue weighted by Crippen LogP contribution is -2.43. The summed E-state index contributed by atoms with van der Waals surface area (Å²) < 4.78 is 24.4. The second-order valence-corrected chi connectivity index (χ2v) is 9.53. The molecule has 0 bridgehead atoms. The molecule has 4 rings (SSSR count). The molecule has 0 saturated carbocycles. The molecule has 40 heavy (non-hydrogen) atoms. The highest BCUT2D eigenvalue weighted by Gasteiger charge is 2.31. The van der Waals surface area contributed by atoms with Crippen molar-refractivity contribution in [2.45, 2.75) is 32.5 Å². The quantitative estimate of drug-likeness (QED) is 0.262. The molecule has 0 radical (unpaired) electrons. The van der Waals surface area contributed by atoms with Crippen molar-refractivity contribution in [2.75, 3.05) is 14.2 Å². The zero-order chi connectivity index (χ0) is 28.5. The van der Waals surface area contributed by atoms with Crippen LogP contribution >= 0.6 is 0 Å². The average Bonchev–Trinajstić information content (AvgIpc) is 2.98. The van der Waals surface area contributed by atoms with E-state index in [0.29, 0.717) is 34.7 Å². The van der Waals surface area contributed by atoms with Gasteiger partial charge in [0.25, 0.3) is 0 Å². The summed E-state index contributed by atoms with van der Waals surface area (Å²) in [4.78, 5) is 29.3. The van der Waals surface area contributed by atoms with Crippen molar-refractivity contribution >= 4 is 11.8 Å². The van der Waals surface area contributed by atoms with Crippen molar-refractivity contribution in [3.05, 3.63) is 131 Å². The van der Waals surface area contributed by atoms with Crippen LogP contribution in [-0.2, 0) is 29.1 Å². The van der Waals surface area contributed by atoms with E-state index in [0.717, 1.165) is 11.1 Å². The Morgan fingerprint density at radius 3 is 2.08 bits per heavy atom. The van der Waals surface area contributed by atoms with E-state index in [1.165, 1.54) is 19.2 Å². The van der Waals surface area contributed by atoms with Crippen LogP contribution < -0.4 is 14.8 Å². The monoisotopic (exact) mass is 540 g/mol. The van der Waals surface area contributed by atoms with Crippen molar-refractivity contribution < 1.29 is 23.5 Å². The van der Waals surface area contributed by atoms with E-state index < -0.39 is 6.04 Å². The number of methoxy groups -OCH3 is 2. The summed E-state index contributed by atoms with van der Waals surface area (Å²) in [5, 5.41) is 3.02. The predicted molar refractivity (Wildman–Crippen MR) is 152 cm³/mol. The van der Waals surface area contributed by atoms with Gasteiger partial charge in [-0.2, -0.15) is 0 Å². The summed E-state index contributed by atoms with van der Waals surface area (Å²) in [7, 11) is 3.08. The van der Waals surface area contributed by atoms with Gasteiger partial charge in [0.1, 0.15) is 11.9 Å². The molecule has 7 heteroatoms. The van der Waals surface area contributed by atoms with Gasteiger partial charge >= 0.3 is 0 Å². The lowest BCUT2D eigenvalue weighted by molar-refractivity contribution is -0.141. The highest BCUT2D eigenvalue weighted by Crippen LogP contribution is 2.29. The van der Waals surface area contributed by atoms with Crippen molar-refractivity contribution in [3.8, 4) is 11.5 Å². The molecule has 0 spiro atoms. The first-order valence-electron chi connectivity index (χ1n) is 13.0. The Labute approximate surface area is 234 Å². The Bertz CT molecular complexity index is 1420. The van der Waals surface area contributed by atoms with Crippen LogP contribution in [0, 0.1) is 12.7 Å². The number of hydrogen-bond donors (Lipinski definition) is 1. The number of nitrogens with zero attached hydrogens (tertiary/aromatic N) is 1. The average molecular weight is 541 g/mol. The summed E-state index contributed by atoms with van der Waals surface area (Å²) in [5.74, 6) is 0.112. The normalized spacial score (nSPS) is 11.4. The Balaban J connectivity index is 1.68. The number of halogens is 1. The predicted octanol–water partition coefficient (Wildman–Crippen LogP) is 5.78. The van der Waals surface area contributed by atoms with Gasteiger partial charge in [0.15, 0.2) is 11.5 Å². The maximum absolute atomic E-state index is 14.0. The van der Waals surface area contributed by atoms with Gasteiger partial charge in [-0.1, -0.05) is 78.4 Å². The number of hydrogen-bond acceptors (Lipinski definition) is 4. The molecular weight excluding hydrogens is 507 g/mol. The van der Waals surface area contributed by atoms with Crippen molar-refractivity contribution in [1.29, 1.82) is 0 Å². The van der Waals surface area contributed by atoms with Crippen LogP contribution in [0.4, 0.5) is 4.39 Å². The number of rotatable bonds is 11. The first-order valence-corrected chi connectivity index (χ1v) is 13.0. The molecule has 4 aromatic rings. The first-order chi connectivity index (χ1) is 19.4. The van der Waals surface area contributed by atoms with Crippen LogP contribution in [0.25, 0.3) is 0 Å². The van der Waals surface area contributed by atoms with Gasteiger partial charge in [-0.3, -0.25) is 9.59 Å². The van der Waals surface area contributed by atoms with E-state index in [9.17, 15) is 14.0 Å². The van der Waals surface area contributed by atoms with Crippen LogP contribution in [0.3, 0.4) is 0 Å². The van der Waals surface area contributed by atoms with Crippen LogP contribution in [0.5, 0.6) is 11.5 Å². The molecule has 1 N–H and O–H groups in total. The van der Waals surface area contributed by atoms with Gasteiger partial charge in [-0.15, -0.1) is 0 Å². The summed E-state index contributed by atoms with van der Waals surface area (Å²) in [6, 6.07) is 27.4. The van der Waals surface area contributed by atoms with E-state index in [2.05, 4.69) is 5.32 Å². The number of ether oxygens (including phenoxy) is 2. The third-order valence-electron chi connectivity index (χ3n) is 6.65. The van der Waals surface area contributed by atoms with Gasteiger partial charge in [-0.05, 0) is 53.4 Å². The lowest BCUT2D eigenvalue weighted by atomic mass is 10.0. The van der Waals surface area contributed by atoms with Gasteiger partial charge in [0.05, 0.1) is 20.6 Å². The lowest BCUT2D eigenvalue weighted by Gasteiger charge is -2.32. The SMILES string of the molecule is COc1ccc(CC(=O)N(Cc2ccc(F)cc2)[C@H](C(=O)NCc2ccc(C)cc2)c2ccccc2)cc1OC. The fourth-order valence-corrected chi connectivity index (χ4v) is 4.48. The molecule has 6 nitrogen and oxygen atoms in total. The highest BCUT2D eigenvalue weighted by atomic mass is 19.1. The minimum atomic E-state index is -0.913. The summed E-state index contributed by atoms with van der Waals surface area (Å²) in [5.41, 5.74) is 4.16. The van der Waals surface area contributed by atoms with Gasteiger partial charge in [0.2, 0.25) is 11.8 Å². The molecule has 0 unspecified atom stereocenters. The maximum atomic E-state index is 14.0. The van der Waals surface area contributed by atoms with Gasteiger partial charge in [0, 0.05) is 13.1 Å². The van der Waals surface area contributed by atoms with Crippen LogP contribution in [0.2, 0.25) is 0 Å². The molecule has 0 saturated heterocycles. The molecule has 0 aromatic heterocycles. The molecule has 0 heterocycles. The fraction of sp³-hybridized carbons (Fsp3) is 0.212. The number of carbonyl (C=O) groups is 2. The summed E-state index contributed by atoms with van der Waals surface area (Å²) >= 11 is 0. The smallest absolute Gasteiger partial charge is 0.247 e. The second-order valence-electron chi connectivity index (χ2n) is 9.53. The van der Waals surface area contributed by atoms with E-state index in [-0.39, 0.29) is 30.6 Å². The first kappa shape index (κ1) is 28.4. The van der Waals surface area contributed by atoms with E-state index in [4.69, 9.17) is 9.47 Å². The Hall–Kier alpha value is -4.65. The van der Waals surface area contributed by atoms with Crippen LogP contribution in [-0.4, -0.2) is 30.9 Å². The third kappa shape index (κ3) is 7.26. The summed E-state index contributed by atoms with van der Waals surface area (Å²) in [6.45, 7) is 2.44. The van der Waals surface area contributed by atoms with Crippen LogP contribution in [0.15, 0.2) is 97.1 Å². The Morgan fingerprint density at radius 2 is 1.43 bits per heavy atom. The Kier molecular flexibility index (Phi) is 9.52. The standard InChI is InChI=1S/C33H33FN2O4/c1-23-9-11-24(12-10-23)21-35-33(38)32(27-7-5-4-6-8-27)36(22-25-13-16-28(34)17-14-25)31(37)20-26-15-18-29(39-2)30(19-26)40-3/h4-19,32H,20-22H2,1-3H3,(H,35,38)/t32-/m0/s1. The molecule has 2 amide bonds. The molecule has 1 atom stereocenters. The molecule has 0 fully saturated rings.